The Labute approximate surface area is 221 Å². The van der Waals surface area contributed by atoms with Crippen molar-refractivity contribution in [3.05, 3.63) is 71.9 Å². The van der Waals surface area contributed by atoms with Gasteiger partial charge in [-0.2, -0.15) is 5.21 Å². The number of amides is 1. The Morgan fingerprint density at radius 2 is 1.76 bits per heavy atom. The maximum Gasteiger partial charge on any atom is 0.256 e. The Morgan fingerprint density at radius 1 is 0.974 bits per heavy atom. The minimum Gasteiger partial charge on any atom is -0.294 e. The van der Waals surface area contributed by atoms with Crippen molar-refractivity contribution in [3.63, 3.8) is 0 Å². The summed E-state index contributed by atoms with van der Waals surface area (Å²) < 4.78 is 0. The van der Waals surface area contributed by atoms with Crippen molar-refractivity contribution in [1.29, 1.82) is 0 Å². The lowest BCUT2D eigenvalue weighted by Crippen LogP contribution is -2.41. The molecule has 1 spiro atoms. The van der Waals surface area contributed by atoms with E-state index in [9.17, 15) is 4.79 Å². The molecule has 4 aromatic rings. The van der Waals surface area contributed by atoms with Crippen LogP contribution in [0.15, 0.2) is 65.8 Å². The second kappa shape index (κ2) is 8.97. The lowest BCUT2D eigenvalue weighted by atomic mass is 9.94. The van der Waals surface area contributed by atoms with Gasteiger partial charge < -0.3 is 0 Å². The minimum atomic E-state index is -0.484. The van der Waals surface area contributed by atoms with Gasteiger partial charge in [-0.05, 0) is 84.3 Å². The summed E-state index contributed by atoms with van der Waals surface area (Å²) in [5.41, 5.74) is 6.65. The zero-order valence-electron chi connectivity index (χ0n) is 21.4. The van der Waals surface area contributed by atoms with Crippen molar-refractivity contribution in [1.82, 2.24) is 30.5 Å². The predicted molar refractivity (Wildman–Crippen MR) is 145 cm³/mol. The molecule has 2 saturated carbocycles. The maximum absolute atomic E-state index is 13.5. The highest BCUT2D eigenvalue weighted by Gasteiger charge is 2.52. The van der Waals surface area contributed by atoms with Crippen LogP contribution in [-0.2, 0) is 11.3 Å². The number of H-pyrrole nitrogens is 1. The van der Waals surface area contributed by atoms with Crippen LogP contribution in [0.5, 0.6) is 0 Å². The molecular weight excluding hydrogens is 474 g/mol. The molecule has 190 valence electrons. The second-order valence-electron chi connectivity index (χ2n) is 10.8. The molecule has 1 amide bonds. The topological polar surface area (TPSA) is 100 Å². The number of hydrogen-bond donors (Lipinski definition) is 1. The van der Waals surface area contributed by atoms with Gasteiger partial charge >= 0.3 is 0 Å². The molecule has 3 heterocycles. The number of aliphatic imine (C=N–C) groups is 1. The van der Waals surface area contributed by atoms with Crippen LogP contribution in [0.1, 0.15) is 49.7 Å². The number of nitrogens with zero attached hydrogens (tertiary/aromatic N) is 6. The van der Waals surface area contributed by atoms with Crippen LogP contribution in [0.2, 0.25) is 0 Å². The molecule has 2 aromatic heterocycles. The number of benzene rings is 2. The standard InChI is InChI=1S/C30H29N7O/c1-19-12-15-31-26(16-19)23-10-11-24(27-33-35-36-34-27)25(17-23)21-6-4-20(5-7-21)18-37-28(22-8-9-22)32-30(29(37)38)13-2-3-14-30/h4-7,10-12,15-17,22H,2-3,8-9,13-14,18H2,1H3,(H,33,34,35,36). The van der Waals surface area contributed by atoms with Gasteiger partial charge in [-0.15, -0.1) is 10.2 Å². The zero-order valence-corrected chi connectivity index (χ0v) is 21.4. The van der Waals surface area contributed by atoms with Crippen LogP contribution < -0.4 is 0 Å². The van der Waals surface area contributed by atoms with E-state index in [1.54, 1.807) is 0 Å². The molecule has 2 fully saturated rings. The summed E-state index contributed by atoms with van der Waals surface area (Å²) in [6.45, 7) is 2.64. The first-order valence-electron chi connectivity index (χ1n) is 13.4. The smallest absolute Gasteiger partial charge is 0.256 e. The largest absolute Gasteiger partial charge is 0.294 e. The molecule has 3 aliphatic rings. The average Bonchev–Trinajstić information content (AvgIpc) is 3.32. The number of nitrogens with one attached hydrogen (secondary N) is 1. The third kappa shape index (κ3) is 4.00. The monoisotopic (exact) mass is 503 g/mol. The second-order valence-corrected chi connectivity index (χ2v) is 10.8. The van der Waals surface area contributed by atoms with Gasteiger partial charge in [-0.1, -0.05) is 43.2 Å². The summed E-state index contributed by atoms with van der Waals surface area (Å²) in [6.07, 6.45) is 8.09. The molecule has 1 N–H and O–H groups in total. The summed E-state index contributed by atoms with van der Waals surface area (Å²) in [7, 11) is 0. The van der Waals surface area contributed by atoms with E-state index in [1.807, 2.05) is 29.3 Å². The van der Waals surface area contributed by atoms with Crippen LogP contribution in [0.3, 0.4) is 0 Å². The van der Waals surface area contributed by atoms with Crippen molar-refractivity contribution in [2.24, 2.45) is 10.9 Å². The lowest BCUT2D eigenvalue weighted by molar-refractivity contribution is -0.131. The molecule has 0 radical (unpaired) electrons. The number of hydrogen-bond acceptors (Lipinski definition) is 6. The van der Waals surface area contributed by atoms with E-state index in [0.717, 1.165) is 83.4 Å². The Bertz CT molecular complexity index is 1530. The molecule has 7 rings (SSSR count). The number of tetrazole rings is 1. The molecule has 8 nitrogen and oxygen atoms in total. The SMILES string of the molecule is Cc1ccnc(-c2ccc(-c3nn[nH]n3)c(-c3ccc(CN4C(=O)C5(CCCC5)N=C4C4CC4)cc3)c2)c1. The van der Waals surface area contributed by atoms with Gasteiger partial charge in [-0.25, -0.2) is 0 Å². The number of pyridine rings is 1. The molecule has 0 bridgehead atoms. The predicted octanol–water partition coefficient (Wildman–Crippen LogP) is 5.37. The molecule has 8 heteroatoms. The summed E-state index contributed by atoms with van der Waals surface area (Å²) >= 11 is 0. The number of aromatic nitrogens is 5. The van der Waals surface area contributed by atoms with E-state index in [1.165, 1.54) is 0 Å². The maximum atomic E-state index is 13.5. The van der Waals surface area contributed by atoms with Gasteiger partial charge in [0.1, 0.15) is 11.4 Å². The Kier molecular flexibility index (Phi) is 5.42. The zero-order chi connectivity index (χ0) is 25.7. The molecule has 0 unspecified atom stereocenters. The van der Waals surface area contributed by atoms with Crippen molar-refractivity contribution < 1.29 is 4.79 Å². The summed E-state index contributed by atoms with van der Waals surface area (Å²) in [6, 6.07) is 18.7. The fourth-order valence-electron chi connectivity index (χ4n) is 5.85. The summed E-state index contributed by atoms with van der Waals surface area (Å²) in [5.74, 6) is 2.23. The van der Waals surface area contributed by atoms with Gasteiger partial charge in [0.15, 0.2) is 0 Å². The first-order chi connectivity index (χ1) is 18.6. The number of aromatic amines is 1. The fraction of sp³-hybridized carbons (Fsp3) is 0.333. The van der Waals surface area contributed by atoms with E-state index in [-0.39, 0.29) is 5.91 Å². The van der Waals surface area contributed by atoms with Crippen molar-refractivity contribution >= 4 is 11.7 Å². The number of carbonyl (C=O) groups is 1. The molecule has 2 aromatic carbocycles. The van der Waals surface area contributed by atoms with Gasteiger partial charge in [0.2, 0.25) is 5.82 Å². The number of carbonyl (C=O) groups excluding carboxylic acids is 1. The molecule has 1 aliphatic heterocycles. The van der Waals surface area contributed by atoms with E-state index < -0.39 is 5.54 Å². The first kappa shape index (κ1) is 23.0. The van der Waals surface area contributed by atoms with Crippen LogP contribution in [0.25, 0.3) is 33.8 Å². The number of amidine groups is 1. The summed E-state index contributed by atoms with van der Waals surface area (Å²) in [5, 5.41) is 14.8. The third-order valence-electron chi connectivity index (χ3n) is 8.04. The van der Waals surface area contributed by atoms with Gasteiger partial charge in [0.25, 0.3) is 5.91 Å². The van der Waals surface area contributed by atoms with Gasteiger partial charge in [-0.3, -0.25) is 19.7 Å². The van der Waals surface area contributed by atoms with Crippen LogP contribution in [0.4, 0.5) is 0 Å². The first-order valence-corrected chi connectivity index (χ1v) is 13.4. The van der Waals surface area contributed by atoms with Crippen molar-refractivity contribution in [3.8, 4) is 33.8 Å². The Hall–Kier alpha value is -4.20. The minimum absolute atomic E-state index is 0.207. The Morgan fingerprint density at radius 3 is 2.47 bits per heavy atom. The quantitative estimate of drug-likeness (QED) is 0.381. The highest BCUT2D eigenvalue weighted by Crippen LogP contribution is 2.44. The average molecular weight is 504 g/mol. The third-order valence-corrected chi connectivity index (χ3v) is 8.04. The molecule has 0 saturated heterocycles. The van der Waals surface area contributed by atoms with Crippen LogP contribution >= 0.6 is 0 Å². The van der Waals surface area contributed by atoms with E-state index >= 15 is 0 Å². The lowest BCUT2D eigenvalue weighted by Gasteiger charge is -2.23. The van der Waals surface area contributed by atoms with Crippen LogP contribution in [-0.4, -0.2) is 47.8 Å². The van der Waals surface area contributed by atoms with E-state index in [0.29, 0.717) is 18.3 Å². The number of aryl methyl sites for hydroxylation is 1. The molecule has 2 aliphatic carbocycles. The highest BCUT2D eigenvalue weighted by molar-refractivity contribution is 6.09. The number of rotatable bonds is 6. The summed E-state index contributed by atoms with van der Waals surface area (Å²) in [4.78, 5) is 25.1. The highest BCUT2D eigenvalue weighted by atomic mass is 16.2. The fourth-order valence-corrected chi connectivity index (χ4v) is 5.85. The van der Waals surface area contributed by atoms with Crippen molar-refractivity contribution in [2.75, 3.05) is 0 Å². The van der Waals surface area contributed by atoms with E-state index in [4.69, 9.17) is 4.99 Å². The van der Waals surface area contributed by atoms with Gasteiger partial charge in [0.05, 0.1) is 12.2 Å². The van der Waals surface area contributed by atoms with E-state index in [2.05, 4.69) is 68.9 Å². The molecular formula is C30H29N7O. The normalized spacial score (nSPS) is 18.4. The van der Waals surface area contributed by atoms with Crippen LogP contribution in [0, 0.1) is 12.8 Å². The van der Waals surface area contributed by atoms with Crippen molar-refractivity contribution in [2.45, 2.75) is 57.5 Å². The molecule has 0 atom stereocenters. The molecule has 38 heavy (non-hydrogen) atoms. The van der Waals surface area contributed by atoms with Gasteiger partial charge in [0, 0.05) is 23.2 Å². The Balaban J connectivity index is 1.21.